The van der Waals surface area contributed by atoms with Crippen LogP contribution in [0.15, 0.2) is 18.2 Å². The third-order valence-corrected chi connectivity index (χ3v) is 2.99. The largest absolute Gasteiger partial charge is 0.397 e. The van der Waals surface area contributed by atoms with Crippen molar-refractivity contribution in [3.63, 3.8) is 0 Å². The second-order valence-electron chi connectivity index (χ2n) is 4.30. The molecule has 2 rings (SSSR count). The average Bonchev–Trinajstić information content (AvgIpc) is 3.16. The minimum absolute atomic E-state index is 0.557. The molecule has 0 bridgehead atoms. The van der Waals surface area contributed by atoms with Crippen LogP contribution in [0.1, 0.15) is 18.4 Å². The first-order chi connectivity index (χ1) is 8.26. The van der Waals surface area contributed by atoms with Gasteiger partial charge in [-0.15, -0.1) is 0 Å². The van der Waals surface area contributed by atoms with Gasteiger partial charge in [-0.05, 0) is 31.0 Å². The van der Waals surface area contributed by atoms with Gasteiger partial charge in [0.1, 0.15) is 0 Å². The number of nitriles is 1. The lowest BCUT2D eigenvalue weighted by molar-refractivity contribution is 0.205. The Balaban J connectivity index is 2.25. The predicted octanol–water partition coefficient (Wildman–Crippen LogP) is 1.76. The number of hydrogen-bond donors (Lipinski definition) is 1. The van der Waals surface area contributed by atoms with Gasteiger partial charge >= 0.3 is 0 Å². The van der Waals surface area contributed by atoms with E-state index in [0.29, 0.717) is 18.2 Å². The summed E-state index contributed by atoms with van der Waals surface area (Å²) >= 11 is 0. The highest BCUT2D eigenvalue weighted by Crippen LogP contribution is 2.35. The molecule has 1 saturated carbocycles. The second-order valence-corrected chi connectivity index (χ2v) is 4.30. The van der Waals surface area contributed by atoms with Crippen LogP contribution >= 0.6 is 0 Å². The molecule has 1 aliphatic rings. The fourth-order valence-electron chi connectivity index (χ4n) is 1.94. The zero-order valence-corrected chi connectivity index (χ0v) is 10.0. The van der Waals surface area contributed by atoms with Crippen molar-refractivity contribution in [1.82, 2.24) is 0 Å². The Morgan fingerprint density at radius 3 is 2.88 bits per heavy atom. The molecule has 0 radical (unpaired) electrons. The summed E-state index contributed by atoms with van der Waals surface area (Å²) in [7, 11) is 1.69. The molecule has 17 heavy (non-hydrogen) atoms. The van der Waals surface area contributed by atoms with Gasteiger partial charge in [-0.1, -0.05) is 0 Å². The van der Waals surface area contributed by atoms with E-state index in [1.807, 2.05) is 6.07 Å². The molecule has 2 N–H and O–H groups in total. The number of rotatable bonds is 5. The van der Waals surface area contributed by atoms with Gasteiger partial charge in [0.05, 0.1) is 29.6 Å². The van der Waals surface area contributed by atoms with Crippen molar-refractivity contribution in [2.24, 2.45) is 0 Å². The molecule has 0 aliphatic heterocycles. The van der Waals surface area contributed by atoms with E-state index in [1.54, 1.807) is 19.2 Å². The maximum absolute atomic E-state index is 8.93. The van der Waals surface area contributed by atoms with E-state index < -0.39 is 0 Å². The predicted molar refractivity (Wildman–Crippen MR) is 67.8 cm³/mol. The monoisotopic (exact) mass is 231 g/mol. The zero-order chi connectivity index (χ0) is 12.3. The van der Waals surface area contributed by atoms with Crippen molar-refractivity contribution >= 4 is 11.4 Å². The Kier molecular flexibility index (Phi) is 3.50. The molecule has 1 aromatic rings. The smallest absolute Gasteiger partial charge is 0.0992 e. The highest BCUT2D eigenvalue weighted by molar-refractivity contribution is 5.70. The van der Waals surface area contributed by atoms with Gasteiger partial charge in [0.25, 0.3) is 0 Å². The van der Waals surface area contributed by atoms with Crippen molar-refractivity contribution in [2.45, 2.75) is 18.9 Å². The fourth-order valence-corrected chi connectivity index (χ4v) is 1.94. The standard InChI is InChI=1S/C13H17N3O/c1-17-7-6-16(11-3-4-11)13-8-10(9-14)2-5-12(13)15/h2,5,8,11H,3-4,6-7,15H2,1H3. The summed E-state index contributed by atoms with van der Waals surface area (Å²) in [4.78, 5) is 2.25. The molecule has 0 aromatic heterocycles. The third kappa shape index (κ3) is 2.69. The van der Waals surface area contributed by atoms with Gasteiger partial charge in [0.2, 0.25) is 0 Å². The van der Waals surface area contributed by atoms with Gasteiger partial charge in [0.15, 0.2) is 0 Å². The van der Waals surface area contributed by atoms with Crippen molar-refractivity contribution in [2.75, 3.05) is 30.9 Å². The van der Waals surface area contributed by atoms with Crippen molar-refractivity contribution < 1.29 is 4.74 Å². The Bertz CT molecular complexity index is 435. The molecule has 1 aromatic carbocycles. The fraction of sp³-hybridized carbons (Fsp3) is 0.462. The number of ether oxygens (including phenoxy) is 1. The van der Waals surface area contributed by atoms with Crippen LogP contribution in [0.4, 0.5) is 11.4 Å². The lowest BCUT2D eigenvalue weighted by Gasteiger charge is -2.25. The zero-order valence-electron chi connectivity index (χ0n) is 10.0. The normalized spacial score (nSPS) is 14.4. The van der Waals surface area contributed by atoms with Gasteiger partial charge in [-0.3, -0.25) is 0 Å². The van der Waals surface area contributed by atoms with E-state index in [-0.39, 0.29) is 0 Å². The summed E-state index contributed by atoms with van der Waals surface area (Å²) in [5.41, 5.74) is 8.33. The molecule has 90 valence electrons. The van der Waals surface area contributed by atoms with Crippen LogP contribution < -0.4 is 10.6 Å². The molecule has 0 heterocycles. The Hall–Kier alpha value is -1.73. The van der Waals surface area contributed by atoms with Crippen LogP contribution in [-0.2, 0) is 4.74 Å². The van der Waals surface area contributed by atoms with Crippen LogP contribution in [0.3, 0.4) is 0 Å². The van der Waals surface area contributed by atoms with E-state index in [2.05, 4.69) is 11.0 Å². The first-order valence-electron chi connectivity index (χ1n) is 5.81. The van der Waals surface area contributed by atoms with E-state index in [1.165, 1.54) is 12.8 Å². The number of nitrogens with two attached hydrogens (primary N) is 1. The summed E-state index contributed by atoms with van der Waals surface area (Å²) in [5.74, 6) is 0. The summed E-state index contributed by atoms with van der Waals surface area (Å²) in [6.45, 7) is 1.49. The average molecular weight is 231 g/mol. The van der Waals surface area contributed by atoms with Gasteiger partial charge < -0.3 is 15.4 Å². The summed E-state index contributed by atoms with van der Waals surface area (Å²) in [6, 6.07) is 8.12. The van der Waals surface area contributed by atoms with Gasteiger partial charge in [-0.25, -0.2) is 0 Å². The number of methoxy groups -OCH3 is 1. The van der Waals surface area contributed by atoms with Crippen LogP contribution in [0.5, 0.6) is 0 Å². The number of hydrogen-bond acceptors (Lipinski definition) is 4. The molecule has 4 heteroatoms. The lowest BCUT2D eigenvalue weighted by atomic mass is 10.1. The molecule has 0 unspecified atom stereocenters. The highest BCUT2D eigenvalue weighted by Gasteiger charge is 2.30. The molecule has 0 amide bonds. The summed E-state index contributed by atoms with van der Waals surface area (Å²) < 4.78 is 5.12. The Labute approximate surface area is 102 Å². The lowest BCUT2D eigenvalue weighted by Crippen LogP contribution is -2.30. The molecular weight excluding hydrogens is 214 g/mol. The number of nitrogen functional groups attached to an aromatic ring is 1. The first-order valence-corrected chi connectivity index (χ1v) is 5.81. The summed E-state index contributed by atoms with van der Waals surface area (Å²) in [6.07, 6.45) is 2.39. The number of nitrogens with zero attached hydrogens (tertiary/aromatic N) is 2. The quantitative estimate of drug-likeness (QED) is 0.784. The van der Waals surface area contributed by atoms with Gasteiger partial charge in [-0.2, -0.15) is 5.26 Å². The van der Waals surface area contributed by atoms with E-state index >= 15 is 0 Å². The summed E-state index contributed by atoms with van der Waals surface area (Å²) in [5, 5.41) is 8.93. The van der Waals surface area contributed by atoms with Crippen LogP contribution in [0, 0.1) is 11.3 Å². The van der Waals surface area contributed by atoms with Crippen LogP contribution in [0.25, 0.3) is 0 Å². The minimum atomic E-state index is 0.557. The number of benzene rings is 1. The minimum Gasteiger partial charge on any atom is -0.397 e. The SMILES string of the molecule is COCCN(c1cc(C#N)ccc1N)C1CC1. The molecular formula is C13H17N3O. The highest BCUT2D eigenvalue weighted by atomic mass is 16.5. The topological polar surface area (TPSA) is 62.3 Å². The Morgan fingerprint density at radius 1 is 1.53 bits per heavy atom. The molecule has 0 saturated heterocycles. The van der Waals surface area contributed by atoms with E-state index in [9.17, 15) is 0 Å². The molecule has 0 spiro atoms. The van der Waals surface area contributed by atoms with Crippen LogP contribution in [0.2, 0.25) is 0 Å². The second kappa shape index (κ2) is 5.07. The molecule has 4 nitrogen and oxygen atoms in total. The molecule has 1 fully saturated rings. The van der Waals surface area contributed by atoms with Crippen molar-refractivity contribution in [3.05, 3.63) is 23.8 Å². The van der Waals surface area contributed by atoms with Crippen LogP contribution in [-0.4, -0.2) is 26.3 Å². The maximum Gasteiger partial charge on any atom is 0.0992 e. The number of anilines is 2. The van der Waals surface area contributed by atoms with Crippen molar-refractivity contribution in [1.29, 1.82) is 5.26 Å². The van der Waals surface area contributed by atoms with E-state index in [0.717, 1.165) is 17.9 Å². The third-order valence-electron chi connectivity index (χ3n) is 2.99. The first kappa shape index (κ1) is 11.7. The van der Waals surface area contributed by atoms with E-state index in [4.69, 9.17) is 15.7 Å². The molecule has 0 atom stereocenters. The molecule has 1 aliphatic carbocycles. The van der Waals surface area contributed by atoms with Crippen molar-refractivity contribution in [3.8, 4) is 6.07 Å². The maximum atomic E-state index is 8.93. The van der Waals surface area contributed by atoms with Gasteiger partial charge in [0, 0.05) is 19.7 Å². The Morgan fingerprint density at radius 2 is 2.29 bits per heavy atom.